The van der Waals surface area contributed by atoms with Crippen molar-refractivity contribution in [3.8, 4) is 0 Å². The molecule has 0 saturated heterocycles. The van der Waals surface area contributed by atoms with E-state index in [2.05, 4.69) is 4.98 Å². The Kier molecular flexibility index (Phi) is 2.96. The Morgan fingerprint density at radius 2 is 2.14 bits per heavy atom. The largest absolute Gasteiger partial charge is 0.397 e. The van der Waals surface area contributed by atoms with Gasteiger partial charge < -0.3 is 15.7 Å². The molecule has 0 aliphatic carbocycles. The minimum absolute atomic E-state index is 0.0789. The van der Waals surface area contributed by atoms with Crippen LogP contribution in [0.1, 0.15) is 13.8 Å². The number of nitrogens with two attached hydrogens (primary N) is 1. The van der Waals surface area contributed by atoms with Gasteiger partial charge in [-0.25, -0.2) is 4.98 Å². The molecule has 0 unspecified atom stereocenters. The molecular formula is C10H17N3O. The van der Waals surface area contributed by atoms with Gasteiger partial charge in [-0.1, -0.05) is 0 Å². The zero-order valence-electron chi connectivity index (χ0n) is 8.86. The third-order valence-corrected chi connectivity index (χ3v) is 2.41. The van der Waals surface area contributed by atoms with Crippen molar-refractivity contribution in [1.82, 2.24) is 4.98 Å². The lowest BCUT2D eigenvalue weighted by atomic mass is 10.1. The SMILES string of the molecule is CN(c1ccc(N)cn1)C(C)(C)CO. The molecule has 0 aliphatic rings. The number of aromatic nitrogens is 1. The first-order valence-corrected chi connectivity index (χ1v) is 4.53. The maximum absolute atomic E-state index is 9.19. The van der Waals surface area contributed by atoms with Gasteiger partial charge in [0.25, 0.3) is 0 Å². The summed E-state index contributed by atoms with van der Waals surface area (Å²) in [5.74, 6) is 0.804. The predicted octanol–water partition coefficient (Wildman–Crippen LogP) is 0.871. The Morgan fingerprint density at radius 3 is 2.57 bits per heavy atom. The molecule has 0 radical (unpaired) electrons. The Balaban J connectivity index is 2.89. The molecule has 1 aromatic rings. The first kappa shape index (κ1) is 10.8. The molecule has 0 fully saturated rings. The van der Waals surface area contributed by atoms with Gasteiger partial charge in [0.15, 0.2) is 0 Å². The Morgan fingerprint density at radius 1 is 1.50 bits per heavy atom. The summed E-state index contributed by atoms with van der Waals surface area (Å²) in [6, 6.07) is 3.64. The predicted molar refractivity (Wildman–Crippen MR) is 58.2 cm³/mol. The molecule has 1 heterocycles. The second kappa shape index (κ2) is 3.84. The molecule has 0 amide bonds. The van der Waals surface area contributed by atoms with Crippen LogP contribution in [-0.2, 0) is 0 Å². The van der Waals surface area contributed by atoms with E-state index in [1.165, 1.54) is 0 Å². The van der Waals surface area contributed by atoms with E-state index in [1.807, 2.05) is 31.9 Å². The van der Waals surface area contributed by atoms with Gasteiger partial charge in [-0.15, -0.1) is 0 Å². The van der Waals surface area contributed by atoms with Crippen molar-refractivity contribution in [3.05, 3.63) is 18.3 Å². The van der Waals surface area contributed by atoms with Gasteiger partial charge in [-0.3, -0.25) is 0 Å². The van der Waals surface area contributed by atoms with Crippen LogP contribution in [0.5, 0.6) is 0 Å². The first-order valence-electron chi connectivity index (χ1n) is 4.53. The molecule has 0 spiro atoms. The summed E-state index contributed by atoms with van der Waals surface area (Å²) < 4.78 is 0. The Bertz CT molecular complexity index is 295. The third-order valence-electron chi connectivity index (χ3n) is 2.41. The molecule has 1 aromatic heterocycles. The maximum atomic E-state index is 9.19. The minimum Gasteiger partial charge on any atom is -0.397 e. The van der Waals surface area contributed by atoms with Crippen LogP contribution in [0.2, 0.25) is 0 Å². The molecule has 0 bridgehead atoms. The maximum Gasteiger partial charge on any atom is 0.128 e. The van der Waals surface area contributed by atoms with Crippen molar-refractivity contribution in [2.45, 2.75) is 19.4 Å². The summed E-state index contributed by atoms with van der Waals surface area (Å²) in [7, 11) is 1.90. The summed E-state index contributed by atoms with van der Waals surface area (Å²) in [5.41, 5.74) is 5.86. The molecule has 78 valence electrons. The van der Waals surface area contributed by atoms with Crippen molar-refractivity contribution in [1.29, 1.82) is 0 Å². The lowest BCUT2D eigenvalue weighted by molar-refractivity contribution is 0.215. The number of nitrogens with zero attached hydrogens (tertiary/aromatic N) is 2. The van der Waals surface area contributed by atoms with E-state index < -0.39 is 0 Å². The van der Waals surface area contributed by atoms with Crippen LogP contribution in [0.15, 0.2) is 18.3 Å². The lowest BCUT2D eigenvalue weighted by Gasteiger charge is -2.34. The molecule has 1 rings (SSSR count). The Hall–Kier alpha value is -1.29. The number of likely N-dealkylation sites (N-methyl/N-ethyl adjacent to an activating group) is 1. The van der Waals surface area contributed by atoms with Crippen LogP contribution < -0.4 is 10.6 Å². The van der Waals surface area contributed by atoms with Crippen LogP contribution in [0.25, 0.3) is 0 Å². The van der Waals surface area contributed by atoms with E-state index in [9.17, 15) is 5.11 Å². The van der Waals surface area contributed by atoms with Crippen molar-refractivity contribution >= 4 is 11.5 Å². The van der Waals surface area contributed by atoms with E-state index in [-0.39, 0.29) is 12.1 Å². The number of aliphatic hydroxyl groups excluding tert-OH is 1. The van der Waals surface area contributed by atoms with Crippen molar-refractivity contribution < 1.29 is 5.11 Å². The van der Waals surface area contributed by atoms with E-state index in [4.69, 9.17) is 5.73 Å². The molecule has 4 nitrogen and oxygen atoms in total. The fraction of sp³-hybridized carbons (Fsp3) is 0.500. The second-order valence-corrected chi connectivity index (χ2v) is 3.98. The van der Waals surface area contributed by atoms with Gasteiger partial charge in [-0.05, 0) is 26.0 Å². The molecule has 0 aliphatic heterocycles. The smallest absolute Gasteiger partial charge is 0.128 e. The second-order valence-electron chi connectivity index (χ2n) is 3.98. The molecule has 0 aromatic carbocycles. The zero-order valence-corrected chi connectivity index (χ0v) is 8.86. The summed E-state index contributed by atoms with van der Waals surface area (Å²) in [5, 5.41) is 9.19. The normalized spacial score (nSPS) is 11.4. The molecule has 0 saturated carbocycles. The first-order chi connectivity index (χ1) is 6.47. The van der Waals surface area contributed by atoms with Crippen LogP contribution >= 0.6 is 0 Å². The summed E-state index contributed by atoms with van der Waals surface area (Å²) in [6.07, 6.45) is 1.61. The fourth-order valence-corrected chi connectivity index (χ4v) is 1.01. The summed E-state index contributed by atoms with van der Waals surface area (Å²) >= 11 is 0. The number of anilines is 2. The van der Waals surface area contributed by atoms with Crippen LogP contribution in [-0.4, -0.2) is 29.3 Å². The van der Waals surface area contributed by atoms with Gasteiger partial charge in [-0.2, -0.15) is 0 Å². The van der Waals surface area contributed by atoms with Crippen molar-refractivity contribution in [2.24, 2.45) is 0 Å². The average molecular weight is 195 g/mol. The van der Waals surface area contributed by atoms with Crippen molar-refractivity contribution in [2.75, 3.05) is 24.3 Å². The fourth-order valence-electron chi connectivity index (χ4n) is 1.01. The average Bonchev–Trinajstić information content (AvgIpc) is 2.18. The number of pyridine rings is 1. The highest BCUT2D eigenvalue weighted by Crippen LogP contribution is 2.19. The van der Waals surface area contributed by atoms with Crippen LogP contribution in [0, 0.1) is 0 Å². The minimum atomic E-state index is -0.316. The summed E-state index contributed by atoms with van der Waals surface area (Å²) in [4.78, 5) is 6.11. The van der Waals surface area contributed by atoms with E-state index in [0.717, 1.165) is 5.82 Å². The van der Waals surface area contributed by atoms with E-state index in [1.54, 1.807) is 12.3 Å². The molecule has 4 heteroatoms. The molecular weight excluding hydrogens is 178 g/mol. The highest BCUT2D eigenvalue weighted by molar-refractivity contribution is 5.46. The zero-order chi connectivity index (χ0) is 10.8. The van der Waals surface area contributed by atoms with Gasteiger partial charge in [0.1, 0.15) is 5.82 Å². The van der Waals surface area contributed by atoms with E-state index in [0.29, 0.717) is 5.69 Å². The highest BCUT2D eigenvalue weighted by atomic mass is 16.3. The van der Waals surface area contributed by atoms with Crippen molar-refractivity contribution in [3.63, 3.8) is 0 Å². The van der Waals surface area contributed by atoms with Crippen LogP contribution in [0.3, 0.4) is 0 Å². The van der Waals surface area contributed by atoms with E-state index >= 15 is 0 Å². The standard InChI is InChI=1S/C10H17N3O/c1-10(2,7-14)13(3)9-5-4-8(11)6-12-9/h4-6,14H,7,11H2,1-3H3. The number of hydrogen-bond donors (Lipinski definition) is 2. The number of aliphatic hydroxyl groups is 1. The van der Waals surface area contributed by atoms with Crippen LogP contribution in [0.4, 0.5) is 11.5 Å². The third kappa shape index (κ3) is 2.14. The number of hydrogen-bond acceptors (Lipinski definition) is 4. The highest BCUT2D eigenvalue weighted by Gasteiger charge is 2.23. The van der Waals surface area contributed by atoms with Gasteiger partial charge in [0.2, 0.25) is 0 Å². The quantitative estimate of drug-likeness (QED) is 0.751. The van der Waals surface area contributed by atoms with Gasteiger partial charge >= 0.3 is 0 Å². The number of rotatable bonds is 3. The van der Waals surface area contributed by atoms with Gasteiger partial charge in [0, 0.05) is 7.05 Å². The monoisotopic (exact) mass is 195 g/mol. The number of nitrogen functional groups attached to an aromatic ring is 1. The Labute approximate surface area is 84.4 Å². The molecule has 3 N–H and O–H groups in total. The lowest BCUT2D eigenvalue weighted by Crippen LogP contribution is -2.44. The summed E-state index contributed by atoms with van der Waals surface area (Å²) in [6.45, 7) is 3.98. The molecule has 14 heavy (non-hydrogen) atoms. The topological polar surface area (TPSA) is 62.4 Å². The molecule has 0 atom stereocenters. The van der Waals surface area contributed by atoms with Gasteiger partial charge in [0.05, 0.1) is 24.0 Å².